The molecule has 1 aromatic carbocycles. The van der Waals surface area contributed by atoms with Gasteiger partial charge >= 0.3 is 0 Å². The van der Waals surface area contributed by atoms with Gasteiger partial charge < -0.3 is 35.4 Å². The van der Waals surface area contributed by atoms with Crippen molar-refractivity contribution in [2.24, 2.45) is 10.9 Å². The van der Waals surface area contributed by atoms with Gasteiger partial charge in [-0.25, -0.2) is 12.8 Å². The van der Waals surface area contributed by atoms with Crippen LogP contribution >= 0.6 is 0 Å². The van der Waals surface area contributed by atoms with Crippen LogP contribution in [0.15, 0.2) is 41.3 Å². The fraction of sp³-hybridized carbons (Fsp3) is 0.654. The SMILES string of the molecule is COC(c1ccc(C2=NOC(CS(C)(=O)=O)C2)cc1)C(CF)N/C=C(\N)CCN(C)C1CC(C)OC(O)C1. The number of nitrogens with two attached hydrogens (primary N) is 1. The molecule has 2 aliphatic rings. The molecule has 12 heteroatoms. The molecule has 1 saturated heterocycles. The zero-order chi connectivity index (χ0) is 27.9. The molecular formula is C26H41FN4O6S. The van der Waals surface area contributed by atoms with E-state index in [0.29, 0.717) is 37.2 Å². The molecule has 0 radical (unpaired) electrons. The van der Waals surface area contributed by atoms with Crippen LogP contribution in [0.25, 0.3) is 0 Å². The number of halogens is 1. The highest BCUT2D eigenvalue weighted by atomic mass is 32.2. The maximum Gasteiger partial charge on any atom is 0.156 e. The van der Waals surface area contributed by atoms with E-state index in [2.05, 4.69) is 15.4 Å². The minimum atomic E-state index is -3.16. The van der Waals surface area contributed by atoms with Crippen molar-refractivity contribution in [1.29, 1.82) is 0 Å². The molecule has 6 unspecified atom stereocenters. The van der Waals surface area contributed by atoms with Crippen LogP contribution in [0.4, 0.5) is 4.39 Å². The second-order valence-electron chi connectivity index (χ2n) is 10.2. The average Bonchev–Trinajstić information content (AvgIpc) is 3.31. The summed E-state index contributed by atoms with van der Waals surface area (Å²) in [5, 5.41) is 17.0. The molecular weight excluding hydrogens is 515 g/mol. The van der Waals surface area contributed by atoms with Gasteiger partial charge in [-0.1, -0.05) is 29.4 Å². The van der Waals surface area contributed by atoms with E-state index in [1.165, 1.54) is 13.4 Å². The number of aliphatic hydroxyl groups is 1. The van der Waals surface area contributed by atoms with Gasteiger partial charge in [0.15, 0.2) is 16.1 Å². The fourth-order valence-corrected chi connectivity index (χ4v) is 5.72. The van der Waals surface area contributed by atoms with Gasteiger partial charge in [0.05, 0.1) is 23.6 Å². The van der Waals surface area contributed by atoms with E-state index in [-0.39, 0.29) is 17.9 Å². The smallest absolute Gasteiger partial charge is 0.156 e. The third-order valence-electron chi connectivity index (χ3n) is 6.91. The molecule has 2 heterocycles. The zero-order valence-electron chi connectivity index (χ0n) is 22.5. The largest absolute Gasteiger partial charge is 0.401 e. The summed E-state index contributed by atoms with van der Waals surface area (Å²) in [5.41, 5.74) is 9.04. The second-order valence-corrected chi connectivity index (χ2v) is 12.4. The maximum atomic E-state index is 14.0. The van der Waals surface area contributed by atoms with Crippen LogP contribution in [-0.2, 0) is 24.1 Å². The standard InChI is InChI=1S/C26H41FN4O6S/c1-17-11-21(12-25(32)36-17)31(2)10-9-20(28)15-29-24(14-27)26(35-3)19-7-5-18(6-8-19)23-13-22(37-30-23)16-38(4,33)34/h5-8,15,17,21-22,24-26,29,32H,9-14,16,28H2,1-4H3/b20-15-. The number of aliphatic hydroxyl groups excluding tert-OH is 1. The Hall–Kier alpha value is -2.25. The van der Waals surface area contributed by atoms with Crippen molar-refractivity contribution in [2.45, 2.75) is 69.3 Å². The lowest BCUT2D eigenvalue weighted by Gasteiger charge is -2.36. The molecule has 214 valence electrons. The molecule has 0 aliphatic carbocycles. The van der Waals surface area contributed by atoms with Gasteiger partial charge in [-0.2, -0.15) is 0 Å². The Morgan fingerprint density at radius 1 is 1.37 bits per heavy atom. The number of nitrogens with one attached hydrogen (secondary N) is 1. The van der Waals surface area contributed by atoms with Crippen LogP contribution in [0, 0.1) is 0 Å². The number of alkyl halides is 1. The number of hydrogen-bond acceptors (Lipinski definition) is 10. The van der Waals surface area contributed by atoms with E-state index in [9.17, 15) is 17.9 Å². The number of benzene rings is 1. The van der Waals surface area contributed by atoms with Crippen molar-refractivity contribution in [3.63, 3.8) is 0 Å². The summed E-state index contributed by atoms with van der Waals surface area (Å²) in [5.74, 6) is -0.0848. The van der Waals surface area contributed by atoms with Crippen molar-refractivity contribution < 1.29 is 32.2 Å². The Morgan fingerprint density at radius 2 is 2.08 bits per heavy atom. The molecule has 38 heavy (non-hydrogen) atoms. The average molecular weight is 557 g/mol. The number of rotatable bonds is 13. The van der Waals surface area contributed by atoms with Gasteiger partial charge in [-0.3, -0.25) is 0 Å². The van der Waals surface area contributed by atoms with Crippen molar-refractivity contribution >= 4 is 15.5 Å². The summed E-state index contributed by atoms with van der Waals surface area (Å²) >= 11 is 0. The molecule has 0 spiro atoms. The molecule has 3 rings (SSSR count). The zero-order valence-corrected chi connectivity index (χ0v) is 23.4. The first kappa shape index (κ1) is 30.3. The quantitative estimate of drug-likeness (QED) is 0.333. The van der Waals surface area contributed by atoms with Gasteiger partial charge in [0.25, 0.3) is 0 Å². The summed E-state index contributed by atoms with van der Waals surface area (Å²) in [6.45, 7) is 1.98. The first-order valence-corrected chi connectivity index (χ1v) is 14.9. The molecule has 0 aromatic heterocycles. The maximum absolute atomic E-state index is 14.0. The van der Waals surface area contributed by atoms with Gasteiger partial charge in [0.1, 0.15) is 18.9 Å². The summed E-state index contributed by atoms with van der Waals surface area (Å²) in [7, 11) is 0.364. The van der Waals surface area contributed by atoms with Crippen molar-refractivity contribution in [3.05, 3.63) is 47.3 Å². The Labute approximate surface area is 224 Å². The summed E-state index contributed by atoms with van der Waals surface area (Å²) in [6.07, 6.45) is 3.39. The van der Waals surface area contributed by atoms with E-state index >= 15 is 0 Å². The van der Waals surface area contributed by atoms with E-state index < -0.39 is 41.1 Å². The van der Waals surface area contributed by atoms with Crippen LogP contribution in [0.5, 0.6) is 0 Å². The minimum absolute atomic E-state index is 0.00221. The highest BCUT2D eigenvalue weighted by Crippen LogP contribution is 2.25. The number of ether oxygens (including phenoxy) is 2. The van der Waals surface area contributed by atoms with Gasteiger partial charge in [-0.15, -0.1) is 0 Å². The molecule has 2 aliphatic heterocycles. The van der Waals surface area contributed by atoms with E-state index in [0.717, 1.165) is 17.5 Å². The molecule has 0 saturated carbocycles. The Morgan fingerprint density at radius 3 is 2.68 bits per heavy atom. The lowest BCUT2D eigenvalue weighted by Crippen LogP contribution is -2.43. The predicted molar refractivity (Wildman–Crippen MR) is 144 cm³/mol. The van der Waals surface area contributed by atoms with Crippen molar-refractivity contribution in [1.82, 2.24) is 10.2 Å². The number of oxime groups is 1. The third-order valence-corrected chi connectivity index (χ3v) is 7.88. The first-order chi connectivity index (χ1) is 18.0. The number of nitrogens with zero attached hydrogens (tertiary/aromatic N) is 2. The molecule has 1 fully saturated rings. The monoisotopic (exact) mass is 556 g/mol. The second kappa shape index (κ2) is 13.7. The highest BCUT2D eigenvalue weighted by Gasteiger charge is 2.29. The van der Waals surface area contributed by atoms with Gasteiger partial charge in [0.2, 0.25) is 0 Å². The number of sulfone groups is 1. The number of hydrogen-bond donors (Lipinski definition) is 3. The van der Waals surface area contributed by atoms with E-state index in [4.69, 9.17) is 20.0 Å². The molecule has 0 bridgehead atoms. The van der Waals surface area contributed by atoms with E-state index in [1.54, 1.807) is 6.20 Å². The predicted octanol–water partition coefficient (Wildman–Crippen LogP) is 1.85. The fourth-order valence-electron chi connectivity index (χ4n) is 4.86. The van der Waals surface area contributed by atoms with Crippen LogP contribution in [-0.4, -0.2) is 94.1 Å². The topological polar surface area (TPSA) is 136 Å². The molecule has 10 nitrogen and oxygen atoms in total. The summed E-state index contributed by atoms with van der Waals surface area (Å²) in [4.78, 5) is 7.43. The molecule has 0 amide bonds. The van der Waals surface area contributed by atoms with Crippen LogP contribution in [0.2, 0.25) is 0 Å². The third kappa shape index (κ3) is 8.91. The van der Waals surface area contributed by atoms with Crippen LogP contribution in [0.1, 0.15) is 49.8 Å². The van der Waals surface area contributed by atoms with Gasteiger partial charge in [0, 0.05) is 57.1 Å². The number of methoxy groups -OCH3 is 1. The summed E-state index contributed by atoms with van der Waals surface area (Å²) < 4.78 is 48.1. The highest BCUT2D eigenvalue weighted by molar-refractivity contribution is 7.90. The lowest BCUT2D eigenvalue weighted by atomic mass is 9.98. The Kier molecular flexibility index (Phi) is 10.9. The van der Waals surface area contributed by atoms with Crippen LogP contribution in [0.3, 0.4) is 0 Å². The molecule has 6 atom stereocenters. The minimum Gasteiger partial charge on any atom is -0.401 e. The summed E-state index contributed by atoms with van der Waals surface area (Å²) in [6, 6.07) is 6.92. The Bertz CT molecular complexity index is 1060. The normalized spacial score (nSPS) is 26.1. The molecule has 4 N–H and O–H groups in total. The van der Waals surface area contributed by atoms with Gasteiger partial charge in [-0.05, 0) is 31.5 Å². The van der Waals surface area contributed by atoms with Crippen LogP contribution < -0.4 is 11.1 Å². The Balaban J connectivity index is 1.54. The lowest BCUT2D eigenvalue weighted by molar-refractivity contribution is -0.173. The first-order valence-electron chi connectivity index (χ1n) is 12.8. The van der Waals surface area contributed by atoms with Crippen molar-refractivity contribution in [3.8, 4) is 0 Å². The van der Waals surface area contributed by atoms with E-state index in [1.807, 2.05) is 38.2 Å². The van der Waals surface area contributed by atoms with Crippen molar-refractivity contribution in [2.75, 3.05) is 39.4 Å². The molecule has 1 aromatic rings.